The molecule has 1 aromatic carbocycles. The highest BCUT2D eigenvalue weighted by Gasteiger charge is 2.18. The number of nitrogen functional groups attached to an aromatic ring is 1. The summed E-state index contributed by atoms with van der Waals surface area (Å²) in [6, 6.07) is 3.75. The fourth-order valence-corrected chi connectivity index (χ4v) is 2.45. The normalized spacial score (nSPS) is 15.9. The Kier molecular flexibility index (Phi) is 3.98. The molecule has 4 heteroatoms. The van der Waals surface area contributed by atoms with E-state index in [-0.39, 0.29) is 12.0 Å². The van der Waals surface area contributed by atoms with Crippen molar-refractivity contribution in [1.29, 1.82) is 0 Å². The molecule has 1 unspecified atom stereocenters. The lowest BCUT2D eigenvalue weighted by atomic mass is 10.0. The number of aryl methyl sites for hydroxylation is 1. The van der Waals surface area contributed by atoms with Crippen molar-refractivity contribution in [1.82, 2.24) is 0 Å². The summed E-state index contributed by atoms with van der Waals surface area (Å²) < 4.78 is 5.91. The number of ether oxygens (including phenoxy) is 1. The summed E-state index contributed by atoms with van der Waals surface area (Å²) >= 11 is 0. The van der Waals surface area contributed by atoms with Gasteiger partial charge in [0.15, 0.2) is 0 Å². The highest BCUT2D eigenvalue weighted by Crippen LogP contribution is 2.33. The van der Waals surface area contributed by atoms with Gasteiger partial charge in [-0.2, -0.15) is 0 Å². The standard InChI is InChI=1S/C15H22N2O2/c1-9(2)6-10(3)19-14-7-11-4-5-15(18)17-13(11)8-12(14)16/h7-10H,4-6,16H2,1-3H3,(H,17,18). The predicted octanol–water partition coefficient (Wildman–Crippen LogP) is 2.97. The van der Waals surface area contributed by atoms with Crippen molar-refractivity contribution >= 4 is 17.3 Å². The molecular weight excluding hydrogens is 240 g/mol. The molecule has 4 nitrogen and oxygen atoms in total. The molecule has 1 heterocycles. The number of anilines is 2. The van der Waals surface area contributed by atoms with Gasteiger partial charge >= 0.3 is 0 Å². The van der Waals surface area contributed by atoms with Crippen molar-refractivity contribution in [2.45, 2.75) is 46.1 Å². The molecule has 0 bridgehead atoms. The molecule has 1 aliphatic heterocycles. The molecule has 1 amide bonds. The molecule has 3 N–H and O–H groups in total. The molecular formula is C15H22N2O2. The van der Waals surface area contributed by atoms with E-state index in [1.165, 1.54) is 0 Å². The number of nitrogens with one attached hydrogen (secondary N) is 1. The summed E-state index contributed by atoms with van der Waals surface area (Å²) in [7, 11) is 0. The van der Waals surface area contributed by atoms with Crippen LogP contribution >= 0.6 is 0 Å². The Hall–Kier alpha value is -1.71. The second-order valence-corrected chi connectivity index (χ2v) is 5.65. The quantitative estimate of drug-likeness (QED) is 0.820. The van der Waals surface area contributed by atoms with Crippen molar-refractivity contribution in [3.05, 3.63) is 17.7 Å². The lowest BCUT2D eigenvalue weighted by Gasteiger charge is -2.22. The smallest absolute Gasteiger partial charge is 0.224 e. The molecule has 2 rings (SSSR count). The number of amides is 1. The van der Waals surface area contributed by atoms with Crippen LogP contribution in [0.1, 0.15) is 39.2 Å². The van der Waals surface area contributed by atoms with Gasteiger partial charge in [0.2, 0.25) is 5.91 Å². The number of carbonyl (C=O) groups excluding carboxylic acids is 1. The van der Waals surface area contributed by atoms with E-state index in [4.69, 9.17) is 10.5 Å². The second kappa shape index (κ2) is 5.51. The third kappa shape index (κ3) is 3.40. The van der Waals surface area contributed by atoms with E-state index >= 15 is 0 Å². The van der Waals surface area contributed by atoms with Gasteiger partial charge in [-0.25, -0.2) is 0 Å². The summed E-state index contributed by atoms with van der Waals surface area (Å²) in [6.07, 6.45) is 2.40. The zero-order valence-electron chi connectivity index (χ0n) is 11.8. The summed E-state index contributed by atoms with van der Waals surface area (Å²) in [4.78, 5) is 11.3. The number of nitrogens with two attached hydrogens (primary N) is 1. The molecule has 1 aliphatic rings. The van der Waals surface area contributed by atoms with Crippen LogP contribution < -0.4 is 15.8 Å². The first kappa shape index (κ1) is 13.7. The number of rotatable bonds is 4. The largest absolute Gasteiger partial charge is 0.489 e. The first-order valence-electron chi connectivity index (χ1n) is 6.84. The number of carbonyl (C=O) groups is 1. The Morgan fingerprint density at radius 1 is 1.32 bits per heavy atom. The van der Waals surface area contributed by atoms with Crippen LogP contribution in [0.25, 0.3) is 0 Å². The predicted molar refractivity (Wildman–Crippen MR) is 77.4 cm³/mol. The van der Waals surface area contributed by atoms with E-state index in [1.807, 2.05) is 6.07 Å². The zero-order chi connectivity index (χ0) is 14.0. The van der Waals surface area contributed by atoms with Gasteiger partial charge in [0, 0.05) is 12.1 Å². The Morgan fingerprint density at radius 2 is 2.05 bits per heavy atom. The van der Waals surface area contributed by atoms with Crippen molar-refractivity contribution in [3.8, 4) is 5.75 Å². The maximum atomic E-state index is 11.3. The Bertz CT molecular complexity index is 483. The van der Waals surface area contributed by atoms with Crippen LogP contribution in [0.4, 0.5) is 11.4 Å². The minimum absolute atomic E-state index is 0.0498. The van der Waals surface area contributed by atoms with Gasteiger partial charge in [0.05, 0.1) is 11.8 Å². The Balaban J connectivity index is 2.16. The van der Waals surface area contributed by atoms with Gasteiger partial charge in [-0.1, -0.05) is 13.8 Å². The summed E-state index contributed by atoms with van der Waals surface area (Å²) in [5.74, 6) is 1.37. The lowest BCUT2D eigenvalue weighted by molar-refractivity contribution is -0.116. The average Bonchev–Trinajstić information content (AvgIpc) is 2.29. The third-order valence-corrected chi connectivity index (χ3v) is 3.26. The van der Waals surface area contributed by atoms with Crippen LogP contribution in [0.5, 0.6) is 5.75 Å². The van der Waals surface area contributed by atoms with E-state index in [1.54, 1.807) is 6.07 Å². The van der Waals surface area contributed by atoms with Gasteiger partial charge in [-0.15, -0.1) is 0 Å². The van der Waals surface area contributed by atoms with Crippen LogP contribution in [0.3, 0.4) is 0 Å². The van der Waals surface area contributed by atoms with Crippen LogP contribution in [0, 0.1) is 5.92 Å². The lowest BCUT2D eigenvalue weighted by Crippen LogP contribution is -2.20. The van der Waals surface area contributed by atoms with Crippen LogP contribution in [0.2, 0.25) is 0 Å². The molecule has 0 saturated carbocycles. The number of benzene rings is 1. The SMILES string of the molecule is CC(C)CC(C)Oc1cc2c(cc1N)NC(=O)CC2. The maximum absolute atomic E-state index is 11.3. The minimum atomic E-state index is 0.0498. The van der Waals surface area contributed by atoms with Gasteiger partial charge in [0.25, 0.3) is 0 Å². The molecule has 0 fully saturated rings. The molecule has 19 heavy (non-hydrogen) atoms. The van der Waals surface area contributed by atoms with Crippen LogP contribution in [0.15, 0.2) is 12.1 Å². The van der Waals surface area contributed by atoms with Crippen molar-refractivity contribution < 1.29 is 9.53 Å². The summed E-state index contributed by atoms with van der Waals surface area (Å²) in [5.41, 5.74) is 8.49. The Labute approximate surface area is 114 Å². The highest BCUT2D eigenvalue weighted by molar-refractivity contribution is 5.94. The van der Waals surface area contributed by atoms with Gasteiger partial charge < -0.3 is 15.8 Å². The average molecular weight is 262 g/mol. The fraction of sp³-hybridized carbons (Fsp3) is 0.533. The van der Waals surface area contributed by atoms with E-state index < -0.39 is 0 Å². The van der Waals surface area contributed by atoms with E-state index in [0.29, 0.717) is 18.0 Å². The number of hydrogen-bond acceptors (Lipinski definition) is 3. The Morgan fingerprint density at radius 3 is 2.74 bits per heavy atom. The monoisotopic (exact) mass is 262 g/mol. The second-order valence-electron chi connectivity index (χ2n) is 5.65. The molecule has 1 atom stereocenters. The minimum Gasteiger partial charge on any atom is -0.489 e. The summed E-state index contributed by atoms with van der Waals surface area (Å²) in [5, 5.41) is 2.84. The maximum Gasteiger partial charge on any atom is 0.224 e. The van der Waals surface area contributed by atoms with Crippen LogP contribution in [-0.4, -0.2) is 12.0 Å². The zero-order valence-corrected chi connectivity index (χ0v) is 11.8. The van der Waals surface area contributed by atoms with Crippen molar-refractivity contribution in [2.24, 2.45) is 5.92 Å². The molecule has 104 valence electrons. The van der Waals surface area contributed by atoms with E-state index in [2.05, 4.69) is 26.1 Å². The van der Waals surface area contributed by atoms with Crippen molar-refractivity contribution in [2.75, 3.05) is 11.1 Å². The van der Waals surface area contributed by atoms with E-state index in [0.717, 1.165) is 29.8 Å². The molecule has 1 aromatic rings. The van der Waals surface area contributed by atoms with Gasteiger partial charge in [0.1, 0.15) is 5.75 Å². The topological polar surface area (TPSA) is 64.3 Å². The molecule has 0 saturated heterocycles. The van der Waals surface area contributed by atoms with Crippen LogP contribution in [-0.2, 0) is 11.2 Å². The van der Waals surface area contributed by atoms with E-state index in [9.17, 15) is 4.79 Å². The van der Waals surface area contributed by atoms with Gasteiger partial charge in [-0.3, -0.25) is 4.79 Å². The molecule has 0 aliphatic carbocycles. The molecule has 0 spiro atoms. The molecule has 0 radical (unpaired) electrons. The number of fused-ring (bicyclic) bond motifs is 1. The van der Waals surface area contributed by atoms with Crippen molar-refractivity contribution in [3.63, 3.8) is 0 Å². The third-order valence-electron chi connectivity index (χ3n) is 3.26. The fourth-order valence-electron chi connectivity index (χ4n) is 2.45. The van der Waals surface area contributed by atoms with Gasteiger partial charge in [-0.05, 0) is 43.4 Å². The number of hydrogen-bond donors (Lipinski definition) is 2. The first-order chi connectivity index (χ1) is 8.95. The first-order valence-corrected chi connectivity index (χ1v) is 6.84. The molecule has 0 aromatic heterocycles. The summed E-state index contributed by atoms with van der Waals surface area (Å²) in [6.45, 7) is 6.40. The highest BCUT2D eigenvalue weighted by atomic mass is 16.5.